The predicted octanol–water partition coefficient (Wildman–Crippen LogP) is 2.56. The van der Waals surface area contributed by atoms with Gasteiger partial charge in [-0.25, -0.2) is 4.39 Å². The van der Waals surface area contributed by atoms with E-state index in [1.807, 2.05) is 31.3 Å². The molecule has 5 nitrogen and oxygen atoms in total. The van der Waals surface area contributed by atoms with E-state index in [1.165, 1.54) is 11.6 Å². The van der Waals surface area contributed by atoms with E-state index < -0.39 is 6.04 Å². The molecule has 27 heavy (non-hydrogen) atoms. The third-order valence-corrected chi connectivity index (χ3v) is 4.98. The van der Waals surface area contributed by atoms with Crippen molar-refractivity contribution in [3.8, 4) is 0 Å². The second kappa shape index (κ2) is 9.06. The number of hydrogen-bond donors (Lipinski definition) is 0. The van der Waals surface area contributed by atoms with Gasteiger partial charge in [0.15, 0.2) is 0 Å². The summed E-state index contributed by atoms with van der Waals surface area (Å²) in [5, 5.41) is 0. The molecule has 0 saturated carbocycles. The number of amides is 1. The molecule has 1 atom stereocenters. The molecule has 0 N–H and O–H groups in total. The van der Waals surface area contributed by atoms with Crippen LogP contribution in [-0.4, -0.2) is 65.9 Å². The molecule has 6 heteroatoms. The molecule has 2 aromatic rings. The Balaban J connectivity index is 1.68. The van der Waals surface area contributed by atoms with Gasteiger partial charge in [0.2, 0.25) is 5.91 Å². The Kier molecular flexibility index (Phi) is 6.53. The van der Waals surface area contributed by atoms with E-state index in [0.29, 0.717) is 18.7 Å². The molecule has 0 radical (unpaired) electrons. The summed E-state index contributed by atoms with van der Waals surface area (Å²) in [6.07, 6.45) is 4.56. The quantitative estimate of drug-likeness (QED) is 0.811. The van der Waals surface area contributed by atoms with Crippen molar-refractivity contribution in [2.75, 3.05) is 40.3 Å². The lowest BCUT2D eigenvalue weighted by molar-refractivity contribution is -0.136. The van der Waals surface area contributed by atoms with E-state index in [0.717, 1.165) is 26.1 Å². The predicted molar refractivity (Wildman–Crippen MR) is 104 cm³/mol. The highest BCUT2D eigenvalue weighted by molar-refractivity contribution is 5.83. The monoisotopic (exact) mass is 370 g/mol. The fraction of sp³-hybridized carbons (Fsp3) is 0.429. The van der Waals surface area contributed by atoms with E-state index in [1.54, 1.807) is 29.3 Å². The molecule has 1 aromatic heterocycles. The van der Waals surface area contributed by atoms with Crippen LogP contribution in [0.4, 0.5) is 4.39 Å². The van der Waals surface area contributed by atoms with Crippen LogP contribution in [0.5, 0.6) is 0 Å². The van der Waals surface area contributed by atoms with Crippen LogP contribution in [0.25, 0.3) is 0 Å². The number of carbonyl (C=O) groups excluding carboxylic acids is 1. The van der Waals surface area contributed by atoms with Crippen molar-refractivity contribution in [3.05, 3.63) is 65.7 Å². The summed E-state index contributed by atoms with van der Waals surface area (Å²) in [6.45, 7) is 3.92. The average Bonchev–Trinajstić information content (AvgIpc) is 2.90. The molecule has 1 saturated heterocycles. The summed E-state index contributed by atoms with van der Waals surface area (Å²) < 4.78 is 14.3. The molecule has 2 heterocycles. The third kappa shape index (κ3) is 4.90. The smallest absolute Gasteiger partial charge is 0.244 e. The molecule has 0 bridgehead atoms. The molecular formula is C21H27FN4O. The maximum absolute atomic E-state index is 14.3. The van der Waals surface area contributed by atoms with Gasteiger partial charge in [-0.05, 0) is 38.2 Å². The third-order valence-electron chi connectivity index (χ3n) is 4.98. The van der Waals surface area contributed by atoms with Gasteiger partial charge in [-0.2, -0.15) is 0 Å². The molecule has 1 aliphatic rings. The minimum Gasteiger partial charge on any atom is -0.340 e. The molecular weight excluding hydrogens is 343 g/mol. The van der Waals surface area contributed by atoms with Crippen LogP contribution in [0.1, 0.15) is 23.6 Å². The zero-order chi connectivity index (χ0) is 19.2. The van der Waals surface area contributed by atoms with Crippen molar-refractivity contribution < 1.29 is 9.18 Å². The van der Waals surface area contributed by atoms with Gasteiger partial charge in [0.1, 0.15) is 11.9 Å². The largest absolute Gasteiger partial charge is 0.340 e. The fourth-order valence-corrected chi connectivity index (χ4v) is 3.60. The van der Waals surface area contributed by atoms with Crippen molar-refractivity contribution >= 4 is 5.91 Å². The van der Waals surface area contributed by atoms with Crippen molar-refractivity contribution in [2.45, 2.75) is 19.0 Å². The van der Waals surface area contributed by atoms with Crippen LogP contribution in [0, 0.1) is 5.82 Å². The molecule has 1 aliphatic heterocycles. The molecule has 1 amide bonds. The summed E-state index contributed by atoms with van der Waals surface area (Å²) in [4.78, 5) is 23.4. The first-order valence-electron chi connectivity index (χ1n) is 9.37. The molecule has 0 aliphatic carbocycles. The first-order valence-corrected chi connectivity index (χ1v) is 9.37. The van der Waals surface area contributed by atoms with Crippen LogP contribution >= 0.6 is 0 Å². The van der Waals surface area contributed by atoms with E-state index >= 15 is 0 Å². The van der Waals surface area contributed by atoms with Gasteiger partial charge in [-0.15, -0.1) is 0 Å². The second-order valence-corrected chi connectivity index (χ2v) is 7.20. The fourth-order valence-electron chi connectivity index (χ4n) is 3.60. The van der Waals surface area contributed by atoms with Gasteiger partial charge >= 0.3 is 0 Å². The number of hydrogen-bond acceptors (Lipinski definition) is 4. The summed E-state index contributed by atoms with van der Waals surface area (Å²) in [5.74, 6) is -0.370. The number of nitrogens with zero attached hydrogens (tertiary/aromatic N) is 4. The highest BCUT2D eigenvalue weighted by atomic mass is 19.1. The van der Waals surface area contributed by atoms with E-state index in [2.05, 4.69) is 16.0 Å². The van der Waals surface area contributed by atoms with Gasteiger partial charge in [-0.3, -0.25) is 19.6 Å². The molecule has 1 fully saturated rings. The highest BCUT2D eigenvalue weighted by Gasteiger charge is 2.30. The zero-order valence-electron chi connectivity index (χ0n) is 16.0. The van der Waals surface area contributed by atoms with Crippen LogP contribution in [-0.2, 0) is 11.3 Å². The normalized spacial score (nSPS) is 17.0. The van der Waals surface area contributed by atoms with Gasteiger partial charge in [0, 0.05) is 50.7 Å². The molecule has 3 rings (SSSR count). The zero-order valence-corrected chi connectivity index (χ0v) is 16.0. The van der Waals surface area contributed by atoms with Crippen LogP contribution in [0.3, 0.4) is 0 Å². The number of likely N-dealkylation sites (N-methyl/N-ethyl adjacent to an activating group) is 1. The summed E-state index contributed by atoms with van der Waals surface area (Å²) in [6, 6.07) is 9.95. The van der Waals surface area contributed by atoms with Gasteiger partial charge in [0.25, 0.3) is 0 Å². The van der Waals surface area contributed by atoms with Gasteiger partial charge in [0.05, 0.1) is 0 Å². The van der Waals surface area contributed by atoms with Crippen molar-refractivity contribution in [1.29, 1.82) is 0 Å². The van der Waals surface area contributed by atoms with Crippen molar-refractivity contribution in [1.82, 2.24) is 19.7 Å². The Morgan fingerprint density at radius 1 is 1.15 bits per heavy atom. The maximum Gasteiger partial charge on any atom is 0.244 e. The summed E-state index contributed by atoms with van der Waals surface area (Å²) in [5.41, 5.74) is 1.61. The highest BCUT2D eigenvalue weighted by Crippen LogP contribution is 2.24. The Morgan fingerprint density at radius 2 is 1.96 bits per heavy atom. The van der Waals surface area contributed by atoms with Crippen LogP contribution in [0.15, 0.2) is 48.8 Å². The number of rotatable bonds is 5. The molecule has 0 unspecified atom stereocenters. The van der Waals surface area contributed by atoms with Crippen molar-refractivity contribution in [2.24, 2.45) is 0 Å². The SMILES string of the molecule is CN(C)[C@H](C(=O)N1CCCN(Cc2cccnc2)CC1)c1ccccc1F. The number of carbonyl (C=O) groups is 1. The van der Waals surface area contributed by atoms with Crippen molar-refractivity contribution in [3.63, 3.8) is 0 Å². The van der Waals surface area contributed by atoms with Crippen LogP contribution < -0.4 is 0 Å². The van der Waals surface area contributed by atoms with Crippen LogP contribution in [0.2, 0.25) is 0 Å². The lowest BCUT2D eigenvalue weighted by Crippen LogP contribution is -2.42. The average molecular weight is 370 g/mol. The standard InChI is InChI=1S/C21H27FN4O/c1-24(2)20(18-8-3-4-9-19(18)22)21(27)26-12-6-11-25(13-14-26)16-17-7-5-10-23-15-17/h3-5,7-10,15,20H,6,11-14,16H2,1-2H3/t20-/m0/s1. The van der Waals surface area contributed by atoms with E-state index in [4.69, 9.17) is 0 Å². The Labute approximate surface area is 160 Å². The summed E-state index contributed by atoms with van der Waals surface area (Å²) >= 11 is 0. The topological polar surface area (TPSA) is 39.7 Å². The molecule has 0 spiro atoms. The number of benzene rings is 1. The molecule has 144 valence electrons. The number of aromatic nitrogens is 1. The summed E-state index contributed by atoms with van der Waals surface area (Å²) in [7, 11) is 3.64. The Hall–Kier alpha value is -2.31. The number of halogens is 1. The first kappa shape index (κ1) is 19.5. The van der Waals surface area contributed by atoms with Gasteiger partial charge in [-0.1, -0.05) is 24.3 Å². The second-order valence-electron chi connectivity index (χ2n) is 7.20. The lowest BCUT2D eigenvalue weighted by Gasteiger charge is -2.30. The number of pyridine rings is 1. The van der Waals surface area contributed by atoms with E-state index in [9.17, 15) is 9.18 Å². The minimum atomic E-state index is -0.601. The van der Waals surface area contributed by atoms with Gasteiger partial charge < -0.3 is 4.90 Å². The maximum atomic E-state index is 14.3. The first-order chi connectivity index (χ1) is 13.1. The Bertz CT molecular complexity index is 753. The minimum absolute atomic E-state index is 0.0340. The lowest BCUT2D eigenvalue weighted by atomic mass is 10.0. The molecule has 1 aromatic carbocycles. The van der Waals surface area contributed by atoms with E-state index in [-0.39, 0.29) is 11.7 Å². The Morgan fingerprint density at radius 3 is 2.67 bits per heavy atom.